The highest BCUT2D eigenvalue weighted by Gasteiger charge is 2.28. The van der Waals surface area contributed by atoms with E-state index in [1.165, 1.54) is 0 Å². The van der Waals surface area contributed by atoms with E-state index < -0.39 is 0 Å². The molecule has 0 aliphatic carbocycles. The molecular formula is C16H24N2O2. The lowest BCUT2D eigenvalue weighted by Crippen LogP contribution is -2.50. The van der Waals surface area contributed by atoms with Crippen LogP contribution in [-0.4, -0.2) is 47.7 Å². The zero-order valence-corrected chi connectivity index (χ0v) is 12.3. The van der Waals surface area contributed by atoms with Gasteiger partial charge in [0.05, 0.1) is 12.1 Å². The van der Waals surface area contributed by atoms with E-state index >= 15 is 0 Å². The molecule has 1 N–H and O–H groups in total. The van der Waals surface area contributed by atoms with E-state index in [0.717, 1.165) is 31.6 Å². The van der Waals surface area contributed by atoms with Crippen molar-refractivity contribution in [1.82, 2.24) is 4.90 Å². The molecule has 1 aliphatic heterocycles. The third-order valence-electron chi connectivity index (χ3n) is 4.05. The van der Waals surface area contributed by atoms with Crippen LogP contribution in [0.25, 0.3) is 0 Å². The number of aliphatic hydroxyl groups excluding tert-OH is 1. The van der Waals surface area contributed by atoms with Gasteiger partial charge in [0.1, 0.15) is 0 Å². The van der Waals surface area contributed by atoms with Gasteiger partial charge in [-0.1, -0.05) is 18.2 Å². The van der Waals surface area contributed by atoms with Crippen LogP contribution in [0.3, 0.4) is 0 Å². The first-order chi connectivity index (χ1) is 9.63. The number of nitrogens with zero attached hydrogens (tertiary/aromatic N) is 2. The minimum Gasteiger partial charge on any atom is -0.393 e. The molecule has 1 aromatic rings. The Balaban J connectivity index is 2.05. The predicted molar refractivity (Wildman–Crippen MR) is 80.7 cm³/mol. The maximum atomic E-state index is 12.7. The number of amides is 1. The minimum atomic E-state index is -0.204. The third-order valence-corrected chi connectivity index (χ3v) is 4.05. The van der Waals surface area contributed by atoms with E-state index in [1.54, 1.807) is 0 Å². The normalized spacial score (nSPS) is 18.8. The number of carbonyl (C=O) groups is 1. The summed E-state index contributed by atoms with van der Waals surface area (Å²) in [5.41, 5.74) is 0.948. The molecular weight excluding hydrogens is 252 g/mol. The molecule has 1 fully saturated rings. The Hall–Kier alpha value is -1.39. The molecule has 1 aliphatic rings. The number of likely N-dealkylation sites (tertiary alicyclic amines) is 1. The van der Waals surface area contributed by atoms with Crippen LogP contribution in [0.15, 0.2) is 30.3 Å². The van der Waals surface area contributed by atoms with Gasteiger partial charge in [-0.05, 0) is 38.8 Å². The van der Waals surface area contributed by atoms with Crippen LogP contribution in [-0.2, 0) is 4.79 Å². The summed E-state index contributed by atoms with van der Waals surface area (Å²) in [7, 11) is 0. The van der Waals surface area contributed by atoms with Gasteiger partial charge in [0.2, 0.25) is 5.91 Å². The number of anilines is 1. The molecule has 0 aromatic heterocycles. The van der Waals surface area contributed by atoms with Crippen molar-refractivity contribution in [2.45, 2.75) is 38.8 Å². The highest BCUT2D eigenvalue weighted by molar-refractivity contribution is 5.96. The van der Waals surface area contributed by atoms with Crippen molar-refractivity contribution in [2.24, 2.45) is 0 Å². The topological polar surface area (TPSA) is 43.8 Å². The Kier molecular flexibility index (Phi) is 5.15. The van der Waals surface area contributed by atoms with Crippen LogP contribution in [0.1, 0.15) is 26.7 Å². The van der Waals surface area contributed by atoms with E-state index in [4.69, 9.17) is 0 Å². The first kappa shape index (κ1) is 15.0. The van der Waals surface area contributed by atoms with Crippen LogP contribution in [0.5, 0.6) is 0 Å². The van der Waals surface area contributed by atoms with Gasteiger partial charge in [0.15, 0.2) is 0 Å². The van der Waals surface area contributed by atoms with Crippen molar-refractivity contribution < 1.29 is 9.90 Å². The van der Waals surface area contributed by atoms with Gasteiger partial charge in [-0.15, -0.1) is 0 Å². The van der Waals surface area contributed by atoms with Crippen molar-refractivity contribution >= 4 is 11.6 Å². The summed E-state index contributed by atoms with van der Waals surface area (Å²) in [6.45, 7) is 6.22. The van der Waals surface area contributed by atoms with Crippen molar-refractivity contribution in [1.29, 1.82) is 0 Å². The minimum absolute atomic E-state index is 0.134. The second kappa shape index (κ2) is 6.86. The summed E-state index contributed by atoms with van der Waals surface area (Å²) in [5, 5.41) is 9.56. The molecule has 0 radical (unpaired) electrons. The summed E-state index contributed by atoms with van der Waals surface area (Å²) < 4.78 is 0. The van der Waals surface area contributed by atoms with Crippen LogP contribution < -0.4 is 4.90 Å². The molecule has 0 saturated carbocycles. The largest absolute Gasteiger partial charge is 0.393 e. The molecule has 1 atom stereocenters. The van der Waals surface area contributed by atoms with E-state index in [2.05, 4.69) is 4.90 Å². The number of piperidine rings is 1. The number of carbonyl (C=O) groups excluding carboxylic acids is 1. The highest BCUT2D eigenvalue weighted by Crippen LogP contribution is 2.18. The number of para-hydroxylation sites is 1. The Morgan fingerprint density at radius 1 is 1.35 bits per heavy atom. The first-order valence-corrected chi connectivity index (χ1v) is 7.42. The summed E-state index contributed by atoms with van der Waals surface area (Å²) in [6.07, 6.45) is 1.31. The van der Waals surface area contributed by atoms with E-state index in [9.17, 15) is 9.90 Å². The highest BCUT2D eigenvalue weighted by atomic mass is 16.3. The van der Waals surface area contributed by atoms with E-state index in [0.29, 0.717) is 6.54 Å². The standard InChI is InChI=1S/C16H24N2O2/c1-3-18(14-7-5-4-6-8-14)16(20)13(2)17-11-9-15(19)10-12-17/h4-8,13,15,19H,3,9-12H2,1-2H3. The van der Waals surface area contributed by atoms with Crippen molar-refractivity contribution in [3.63, 3.8) is 0 Å². The number of rotatable bonds is 4. The number of hydrogen-bond acceptors (Lipinski definition) is 3. The molecule has 2 rings (SSSR count). The fourth-order valence-electron chi connectivity index (χ4n) is 2.73. The first-order valence-electron chi connectivity index (χ1n) is 7.42. The van der Waals surface area contributed by atoms with Gasteiger partial charge in [-0.3, -0.25) is 9.69 Å². The van der Waals surface area contributed by atoms with Crippen LogP contribution in [0, 0.1) is 0 Å². The monoisotopic (exact) mass is 276 g/mol. The number of hydrogen-bond donors (Lipinski definition) is 1. The summed E-state index contributed by atoms with van der Waals surface area (Å²) >= 11 is 0. The second-order valence-electron chi connectivity index (χ2n) is 5.36. The quantitative estimate of drug-likeness (QED) is 0.913. The Morgan fingerprint density at radius 3 is 2.50 bits per heavy atom. The molecule has 1 unspecified atom stereocenters. The van der Waals surface area contributed by atoms with Crippen LogP contribution in [0.2, 0.25) is 0 Å². The maximum Gasteiger partial charge on any atom is 0.244 e. The van der Waals surface area contributed by atoms with Gasteiger partial charge < -0.3 is 10.0 Å². The zero-order valence-electron chi connectivity index (χ0n) is 12.3. The number of aliphatic hydroxyl groups is 1. The zero-order chi connectivity index (χ0) is 14.5. The lowest BCUT2D eigenvalue weighted by atomic mass is 10.1. The molecule has 0 bridgehead atoms. The molecule has 1 aromatic carbocycles. The van der Waals surface area contributed by atoms with Crippen molar-refractivity contribution in [3.05, 3.63) is 30.3 Å². The SMILES string of the molecule is CCN(C(=O)C(C)N1CCC(O)CC1)c1ccccc1. The fraction of sp³-hybridized carbons (Fsp3) is 0.562. The number of likely N-dealkylation sites (N-methyl/N-ethyl adjacent to an activating group) is 1. The smallest absolute Gasteiger partial charge is 0.244 e. The molecule has 4 heteroatoms. The molecule has 1 heterocycles. The number of benzene rings is 1. The Labute approximate surface area is 121 Å². The predicted octanol–water partition coefficient (Wildman–Crippen LogP) is 1.88. The van der Waals surface area contributed by atoms with Gasteiger partial charge in [-0.25, -0.2) is 0 Å². The average Bonchev–Trinajstić information content (AvgIpc) is 2.49. The third kappa shape index (κ3) is 3.38. The second-order valence-corrected chi connectivity index (χ2v) is 5.36. The summed E-state index contributed by atoms with van der Waals surface area (Å²) in [4.78, 5) is 16.7. The van der Waals surface area contributed by atoms with Crippen molar-refractivity contribution in [2.75, 3.05) is 24.5 Å². The fourth-order valence-corrected chi connectivity index (χ4v) is 2.73. The summed E-state index contributed by atoms with van der Waals surface area (Å²) in [6, 6.07) is 9.66. The summed E-state index contributed by atoms with van der Waals surface area (Å²) in [5.74, 6) is 0.134. The molecule has 20 heavy (non-hydrogen) atoms. The van der Waals surface area contributed by atoms with Gasteiger partial charge in [0.25, 0.3) is 0 Å². The molecule has 4 nitrogen and oxygen atoms in total. The van der Waals surface area contributed by atoms with Crippen LogP contribution in [0.4, 0.5) is 5.69 Å². The lowest BCUT2D eigenvalue weighted by molar-refractivity contribution is -0.124. The van der Waals surface area contributed by atoms with Crippen LogP contribution >= 0.6 is 0 Å². The Bertz CT molecular complexity index is 427. The van der Waals surface area contributed by atoms with Gasteiger partial charge in [0, 0.05) is 25.3 Å². The van der Waals surface area contributed by atoms with E-state index in [1.807, 2.05) is 49.1 Å². The van der Waals surface area contributed by atoms with Gasteiger partial charge >= 0.3 is 0 Å². The molecule has 1 saturated heterocycles. The molecule has 0 spiro atoms. The van der Waals surface area contributed by atoms with Gasteiger partial charge in [-0.2, -0.15) is 0 Å². The van der Waals surface area contributed by atoms with E-state index in [-0.39, 0.29) is 18.1 Å². The molecule has 110 valence electrons. The Morgan fingerprint density at radius 2 is 1.95 bits per heavy atom. The maximum absolute atomic E-state index is 12.7. The molecule has 1 amide bonds. The lowest BCUT2D eigenvalue weighted by Gasteiger charge is -2.36. The average molecular weight is 276 g/mol. The van der Waals surface area contributed by atoms with Crippen molar-refractivity contribution in [3.8, 4) is 0 Å².